The monoisotopic (exact) mass is 282 g/mol. The first-order chi connectivity index (χ1) is 10.3. The lowest BCUT2D eigenvalue weighted by molar-refractivity contribution is -0.140. The Labute approximate surface area is 121 Å². The van der Waals surface area contributed by atoms with Crippen LogP contribution in [-0.2, 0) is 9.59 Å². The van der Waals surface area contributed by atoms with Crippen molar-refractivity contribution < 1.29 is 14.0 Å². The van der Waals surface area contributed by atoms with Gasteiger partial charge in [-0.1, -0.05) is 12.2 Å². The molecule has 1 saturated heterocycles. The number of imide groups is 1. The van der Waals surface area contributed by atoms with Crippen LogP contribution in [0, 0.1) is 35.5 Å². The van der Waals surface area contributed by atoms with Gasteiger partial charge < -0.3 is 4.42 Å². The van der Waals surface area contributed by atoms with Gasteiger partial charge in [-0.05, 0) is 42.2 Å². The Kier molecular flexibility index (Phi) is 2.04. The molecule has 2 heterocycles. The number of hydrogen-bond acceptors (Lipinski definition) is 4. The zero-order valence-corrected chi connectivity index (χ0v) is 11.3. The first-order valence-electron chi connectivity index (χ1n) is 7.39. The fourth-order valence-electron chi connectivity index (χ4n) is 4.53. The lowest BCUT2D eigenvalue weighted by atomic mass is 9.63. The van der Waals surface area contributed by atoms with Crippen LogP contribution in [0.15, 0.2) is 40.1 Å². The molecule has 6 rings (SSSR count). The Hall–Kier alpha value is -2.17. The Bertz CT molecular complexity index is 654. The summed E-state index contributed by atoms with van der Waals surface area (Å²) in [4.78, 5) is 25.2. The summed E-state index contributed by atoms with van der Waals surface area (Å²) in [6, 6.07) is 3.48. The maximum atomic E-state index is 12.6. The highest BCUT2D eigenvalue weighted by atomic mass is 16.3. The average Bonchev–Trinajstić information content (AvgIpc) is 3.10. The molecule has 21 heavy (non-hydrogen) atoms. The summed E-state index contributed by atoms with van der Waals surface area (Å²) in [5, 5.41) is 5.14. The first-order valence-corrected chi connectivity index (χ1v) is 7.39. The van der Waals surface area contributed by atoms with Gasteiger partial charge in [0.15, 0.2) is 0 Å². The second-order valence-corrected chi connectivity index (χ2v) is 6.40. The van der Waals surface area contributed by atoms with E-state index in [9.17, 15) is 9.59 Å². The van der Waals surface area contributed by atoms with E-state index in [0.29, 0.717) is 17.6 Å². The first kappa shape index (κ1) is 11.5. The molecule has 0 N–H and O–H groups in total. The summed E-state index contributed by atoms with van der Waals surface area (Å²) < 4.78 is 5.15. The third kappa shape index (κ3) is 1.38. The van der Waals surface area contributed by atoms with Crippen molar-refractivity contribution in [2.24, 2.45) is 40.6 Å². The van der Waals surface area contributed by atoms with Gasteiger partial charge in [0.05, 0.1) is 24.3 Å². The normalized spacial score (nSPS) is 42.8. The Morgan fingerprint density at radius 1 is 1.14 bits per heavy atom. The molecule has 2 amide bonds. The molecule has 2 bridgehead atoms. The molecule has 0 aromatic carbocycles. The molecule has 1 aromatic rings. The Morgan fingerprint density at radius 2 is 1.81 bits per heavy atom. The molecule has 106 valence electrons. The summed E-state index contributed by atoms with van der Waals surface area (Å²) in [6.07, 6.45) is 8.46. The van der Waals surface area contributed by atoms with E-state index in [1.54, 1.807) is 12.1 Å². The number of nitrogens with zero attached hydrogens (tertiary/aromatic N) is 2. The van der Waals surface area contributed by atoms with Crippen LogP contribution in [-0.4, -0.2) is 23.0 Å². The molecule has 0 spiro atoms. The van der Waals surface area contributed by atoms with Crippen LogP contribution in [0.25, 0.3) is 0 Å². The molecule has 1 aliphatic heterocycles. The number of hydrogen-bond donors (Lipinski definition) is 0. The van der Waals surface area contributed by atoms with E-state index in [0.717, 1.165) is 5.01 Å². The summed E-state index contributed by atoms with van der Waals surface area (Å²) in [5.74, 6) is 1.59. The van der Waals surface area contributed by atoms with Gasteiger partial charge in [-0.3, -0.25) is 9.59 Å². The van der Waals surface area contributed by atoms with Gasteiger partial charge >= 0.3 is 0 Å². The smallest absolute Gasteiger partial charge is 0.254 e. The topological polar surface area (TPSA) is 62.9 Å². The van der Waals surface area contributed by atoms with Crippen molar-refractivity contribution in [3.8, 4) is 0 Å². The van der Waals surface area contributed by atoms with E-state index in [4.69, 9.17) is 4.42 Å². The van der Waals surface area contributed by atoms with Gasteiger partial charge in [0.2, 0.25) is 0 Å². The zero-order valence-electron chi connectivity index (χ0n) is 11.3. The molecule has 5 heteroatoms. The Morgan fingerprint density at radius 3 is 2.38 bits per heavy atom. The molecule has 0 unspecified atom stereocenters. The highest BCUT2D eigenvalue weighted by molar-refractivity contribution is 6.06. The van der Waals surface area contributed by atoms with Gasteiger partial charge in [-0.25, -0.2) is 0 Å². The molecule has 5 aliphatic rings. The molecule has 5 nitrogen and oxygen atoms in total. The molecule has 4 aliphatic carbocycles. The van der Waals surface area contributed by atoms with Gasteiger partial charge in [0.25, 0.3) is 11.8 Å². The van der Waals surface area contributed by atoms with Gasteiger partial charge in [0.1, 0.15) is 5.76 Å². The molecule has 1 aromatic heterocycles. The number of furan rings is 1. The van der Waals surface area contributed by atoms with Crippen molar-refractivity contribution in [2.75, 3.05) is 0 Å². The summed E-state index contributed by atoms with van der Waals surface area (Å²) in [6.45, 7) is 0. The van der Waals surface area contributed by atoms with Crippen molar-refractivity contribution in [2.45, 2.75) is 6.42 Å². The van der Waals surface area contributed by atoms with E-state index in [1.807, 2.05) is 0 Å². The maximum absolute atomic E-state index is 12.6. The average molecular weight is 282 g/mol. The Balaban J connectivity index is 1.48. The van der Waals surface area contributed by atoms with Crippen LogP contribution in [0.5, 0.6) is 0 Å². The van der Waals surface area contributed by atoms with E-state index in [1.165, 1.54) is 18.9 Å². The standard InChI is InChI=1S/C16H14N2O3/c19-15-13-9-3-4-10(12-6-11(9)12)14(13)16(20)18(15)17-7-8-2-1-5-21-8/h1-5,7,9-14H,6H2/t9-,10-,11-,12-,13+,14+/m0/s1. The number of rotatable bonds is 2. The van der Waals surface area contributed by atoms with E-state index < -0.39 is 0 Å². The van der Waals surface area contributed by atoms with Crippen molar-refractivity contribution in [3.05, 3.63) is 36.3 Å². The molecule has 3 fully saturated rings. The zero-order chi connectivity index (χ0) is 14.1. The minimum atomic E-state index is -0.190. The second kappa shape index (κ2) is 3.72. The van der Waals surface area contributed by atoms with Crippen LogP contribution in [0.4, 0.5) is 0 Å². The van der Waals surface area contributed by atoms with E-state index in [2.05, 4.69) is 17.3 Å². The molecule has 0 radical (unpaired) electrons. The minimum absolute atomic E-state index is 0.141. The van der Waals surface area contributed by atoms with Crippen LogP contribution in [0.2, 0.25) is 0 Å². The number of allylic oxidation sites excluding steroid dienone is 2. The van der Waals surface area contributed by atoms with Crippen LogP contribution in [0.3, 0.4) is 0 Å². The summed E-state index contributed by atoms with van der Waals surface area (Å²) in [5.41, 5.74) is 0. The van der Waals surface area contributed by atoms with Crippen molar-refractivity contribution >= 4 is 18.0 Å². The second-order valence-electron chi connectivity index (χ2n) is 6.40. The van der Waals surface area contributed by atoms with Gasteiger partial charge in [-0.15, -0.1) is 0 Å². The minimum Gasteiger partial charge on any atom is -0.463 e. The molecular weight excluding hydrogens is 268 g/mol. The summed E-state index contributed by atoms with van der Waals surface area (Å²) >= 11 is 0. The highest BCUT2D eigenvalue weighted by Gasteiger charge is 2.67. The van der Waals surface area contributed by atoms with Gasteiger partial charge in [0, 0.05) is 0 Å². The van der Waals surface area contributed by atoms with Crippen LogP contribution in [0.1, 0.15) is 12.2 Å². The van der Waals surface area contributed by atoms with Gasteiger partial charge in [-0.2, -0.15) is 10.1 Å². The maximum Gasteiger partial charge on any atom is 0.254 e. The third-order valence-electron chi connectivity index (χ3n) is 5.48. The number of carbonyl (C=O) groups is 2. The number of amides is 2. The quantitative estimate of drug-likeness (QED) is 0.471. The van der Waals surface area contributed by atoms with Crippen molar-refractivity contribution in [3.63, 3.8) is 0 Å². The number of hydrazone groups is 1. The van der Waals surface area contributed by atoms with Crippen molar-refractivity contribution in [1.82, 2.24) is 5.01 Å². The SMILES string of the molecule is O=C1[C@@H]2[C@H]3C=C[C@@H]([C@@H]4C[C@@H]34)[C@H]2C(=O)N1N=Cc1ccco1. The predicted molar refractivity (Wildman–Crippen MR) is 72.9 cm³/mol. The molecule has 6 atom stereocenters. The lowest BCUT2D eigenvalue weighted by Gasteiger charge is -2.37. The third-order valence-corrected chi connectivity index (χ3v) is 5.48. The largest absolute Gasteiger partial charge is 0.463 e. The van der Waals surface area contributed by atoms with Crippen LogP contribution < -0.4 is 0 Å². The molecular formula is C16H14N2O3. The van der Waals surface area contributed by atoms with E-state index in [-0.39, 0.29) is 35.5 Å². The number of carbonyl (C=O) groups excluding carboxylic acids is 2. The molecule has 2 saturated carbocycles. The lowest BCUT2D eigenvalue weighted by Crippen LogP contribution is -2.40. The fourth-order valence-corrected chi connectivity index (χ4v) is 4.53. The predicted octanol–water partition coefficient (Wildman–Crippen LogP) is 1.67. The fraction of sp³-hybridized carbons (Fsp3) is 0.438. The summed E-state index contributed by atoms with van der Waals surface area (Å²) in [7, 11) is 0. The highest BCUT2D eigenvalue weighted by Crippen LogP contribution is 2.65. The van der Waals surface area contributed by atoms with Crippen LogP contribution >= 0.6 is 0 Å². The van der Waals surface area contributed by atoms with Crippen molar-refractivity contribution in [1.29, 1.82) is 0 Å². The van der Waals surface area contributed by atoms with E-state index >= 15 is 0 Å².